The van der Waals surface area contributed by atoms with Crippen molar-refractivity contribution in [3.8, 4) is 0 Å². The zero-order chi connectivity index (χ0) is 23.2. The predicted octanol–water partition coefficient (Wildman–Crippen LogP) is 4.36. The molecule has 0 fully saturated rings. The average molecular weight is 460 g/mol. The molecular formula is C25H21N3O4S. The summed E-state index contributed by atoms with van der Waals surface area (Å²) in [6.07, 6.45) is 0. The van der Waals surface area contributed by atoms with Crippen LogP contribution in [-0.2, 0) is 16.1 Å². The normalized spacial score (nSPS) is 10.7. The van der Waals surface area contributed by atoms with Crippen LogP contribution < -0.4 is 10.9 Å². The van der Waals surface area contributed by atoms with Crippen molar-refractivity contribution in [3.05, 3.63) is 94.9 Å². The van der Waals surface area contributed by atoms with Crippen LogP contribution in [-0.4, -0.2) is 28.3 Å². The van der Waals surface area contributed by atoms with Gasteiger partial charge in [-0.15, -0.1) is 0 Å². The number of hydrogen-bond donors (Lipinski definition) is 1. The molecule has 0 atom stereocenters. The quantitative estimate of drug-likeness (QED) is 0.413. The van der Waals surface area contributed by atoms with Gasteiger partial charge in [-0.05, 0) is 37.3 Å². The maximum Gasteiger partial charge on any atom is 0.359 e. The molecule has 0 spiro atoms. The number of carbonyl (C=O) groups is 2. The summed E-state index contributed by atoms with van der Waals surface area (Å²) in [6.45, 7) is 1.58. The Bertz CT molecular complexity index is 1370. The van der Waals surface area contributed by atoms with E-state index >= 15 is 0 Å². The fourth-order valence-electron chi connectivity index (χ4n) is 3.26. The van der Waals surface area contributed by atoms with E-state index in [-0.39, 0.29) is 11.3 Å². The molecule has 4 aromatic rings. The molecule has 1 N–H and O–H groups in total. The molecule has 33 heavy (non-hydrogen) atoms. The molecule has 1 heterocycles. The number of rotatable bonds is 7. The third-order valence-corrected chi connectivity index (χ3v) is 5.91. The number of amides is 1. The number of nitrogens with zero attached hydrogens (tertiary/aromatic N) is 2. The van der Waals surface area contributed by atoms with Crippen molar-refractivity contribution in [1.29, 1.82) is 0 Å². The predicted molar refractivity (Wildman–Crippen MR) is 128 cm³/mol. The summed E-state index contributed by atoms with van der Waals surface area (Å²) < 4.78 is 6.44. The topological polar surface area (TPSA) is 90.3 Å². The number of aromatic nitrogens is 2. The zero-order valence-electron chi connectivity index (χ0n) is 17.9. The Kier molecular flexibility index (Phi) is 6.85. The van der Waals surface area contributed by atoms with Gasteiger partial charge in [-0.2, -0.15) is 5.10 Å². The SMILES string of the molecule is CCn1nc(C(=O)OCC(=O)Nc2ccccc2Sc2ccccc2)c2ccccc2c1=O. The summed E-state index contributed by atoms with van der Waals surface area (Å²) >= 11 is 1.52. The molecule has 4 rings (SSSR count). The van der Waals surface area contributed by atoms with E-state index < -0.39 is 18.5 Å². The molecule has 0 saturated carbocycles. The van der Waals surface area contributed by atoms with Gasteiger partial charge in [-0.3, -0.25) is 9.59 Å². The van der Waals surface area contributed by atoms with Crippen LogP contribution >= 0.6 is 11.8 Å². The van der Waals surface area contributed by atoms with Crippen molar-refractivity contribution in [1.82, 2.24) is 9.78 Å². The van der Waals surface area contributed by atoms with Crippen molar-refractivity contribution in [2.45, 2.75) is 23.3 Å². The summed E-state index contributed by atoms with van der Waals surface area (Å²) in [6, 6.07) is 23.9. The van der Waals surface area contributed by atoms with E-state index in [1.165, 1.54) is 16.4 Å². The van der Waals surface area contributed by atoms with Gasteiger partial charge in [-0.25, -0.2) is 9.48 Å². The van der Waals surface area contributed by atoms with Crippen LogP contribution in [0.1, 0.15) is 17.4 Å². The van der Waals surface area contributed by atoms with E-state index in [1.807, 2.05) is 48.5 Å². The number of anilines is 1. The fourth-order valence-corrected chi connectivity index (χ4v) is 4.18. The van der Waals surface area contributed by atoms with E-state index in [9.17, 15) is 14.4 Å². The van der Waals surface area contributed by atoms with Crippen LogP contribution in [0.2, 0.25) is 0 Å². The highest BCUT2D eigenvalue weighted by Gasteiger charge is 2.19. The van der Waals surface area contributed by atoms with E-state index in [2.05, 4.69) is 10.4 Å². The van der Waals surface area contributed by atoms with Gasteiger partial charge < -0.3 is 10.1 Å². The van der Waals surface area contributed by atoms with E-state index in [4.69, 9.17) is 4.74 Å². The number of carbonyl (C=O) groups excluding carboxylic acids is 2. The van der Waals surface area contributed by atoms with Crippen molar-refractivity contribution >= 4 is 40.1 Å². The largest absolute Gasteiger partial charge is 0.451 e. The lowest BCUT2D eigenvalue weighted by Gasteiger charge is -2.12. The van der Waals surface area contributed by atoms with Gasteiger partial charge in [-0.1, -0.05) is 60.3 Å². The second-order valence-electron chi connectivity index (χ2n) is 7.05. The molecule has 0 aliphatic carbocycles. The van der Waals surface area contributed by atoms with Crippen LogP contribution in [0.5, 0.6) is 0 Å². The molecule has 7 nitrogen and oxygen atoms in total. The Morgan fingerprint density at radius 1 is 0.939 bits per heavy atom. The molecule has 0 aliphatic rings. The zero-order valence-corrected chi connectivity index (χ0v) is 18.7. The minimum absolute atomic E-state index is 0.000108. The van der Waals surface area contributed by atoms with Gasteiger partial charge in [0, 0.05) is 21.7 Å². The van der Waals surface area contributed by atoms with Crippen LogP contribution in [0.4, 0.5) is 5.69 Å². The molecule has 0 bridgehead atoms. The first-order valence-corrected chi connectivity index (χ1v) is 11.2. The summed E-state index contributed by atoms with van der Waals surface area (Å²) in [5, 5.41) is 7.69. The molecule has 166 valence electrons. The highest BCUT2D eigenvalue weighted by molar-refractivity contribution is 7.99. The molecule has 3 aromatic carbocycles. The monoisotopic (exact) mass is 459 g/mol. The van der Waals surface area contributed by atoms with Crippen LogP contribution in [0, 0.1) is 0 Å². The number of fused-ring (bicyclic) bond motifs is 1. The third kappa shape index (κ3) is 5.12. The maximum atomic E-state index is 12.7. The standard InChI is InChI=1S/C25H21N3O4S/c1-2-28-24(30)19-13-7-6-12-18(19)23(27-28)25(31)32-16-22(29)26-20-14-8-9-15-21(20)33-17-10-4-3-5-11-17/h3-15H,2,16H2,1H3,(H,26,29). The van der Waals surface area contributed by atoms with Gasteiger partial charge in [0.05, 0.1) is 11.1 Å². The molecule has 1 amide bonds. The van der Waals surface area contributed by atoms with Gasteiger partial charge in [0.2, 0.25) is 0 Å². The molecule has 8 heteroatoms. The first kappa shape index (κ1) is 22.3. The van der Waals surface area contributed by atoms with Crippen molar-refractivity contribution in [2.24, 2.45) is 0 Å². The summed E-state index contributed by atoms with van der Waals surface area (Å²) in [4.78, 5) is 39.6. The lowest BCUT2D eigenvalue weighted by Crippen LogP contribution is -2.27. The van der Waals surface area contributed by atoms with E-state index in [0.29, 0.717) is 23.0 Å². The Hall–Kier alpha value is -3.91. The maximum absolute atomic E-state index is 12.7. The molecule has 1 aromatic heterocycles. The molecule has 0 unspecified atom stereocenters. The average Bonchev–Trinajstić information content (AvgIpc) is 2.85. The Morgan fingerprint density at radius 2 is 1.61 bits per heavy atom. The molecule has 0 saturated heterocycles. The number of aryl methyl sites for hydroxylation is 1. The van der Waals surface area contributed by atoms with Crippen LogP contribution in [0.15, 0.2) is 93.4 Å². The first-order chi connectivity index (χ1) is 16.1. The number of nitrogens with one attached hydrogen (secondary N) is 1. The van der Waals surface area contributed by atoms with Crippen LogP contribution in [0.3, 0.4) is 0 Å². The number of benzene rings is 3. The van der Waals surface area contributed by atoms with Gasteiger partial charge >= 0.3 is 5.97 Å². The first-order valence-electron chi connectivity index (χ1n) is 10.4. The number of hydrogen-bond acceptors (Lipinski definition) is 6. The number of ether oxygens (including phenoxy) is 1. The van der Waals surface area contributed by atoms with Crippen molar-refractivity contribution < 1.29 is 14.3 Å². The second-order valence-corrected chi connectivity index (χ2v) is 8.17. The van der Waals surface area contributed by atoms with Crippen LogP contribution in [0.25, 0.3) is 10.8 Å². The minimum Gasteiger partial charge on any atom is -0.451 e. The van der Waals surface area contributed by atoms with Crippen molar-refractivity contribution in [2.75, 3.05) is 11.9 Å². The fraction of sp³-hybridized carbons (Fsp3) is 0.120. The summed E-state index contributed by atoms with van der Waals surface area (Å²) in [7, 11) is 0. The second kappa shape index (κ2) is 10.1. The Labute approximate surface area is 194 Å². The van der Waals surface area contributed by atoms with E-state index in [1.54, 1.807) is 37.3 Å². The lowest BCUT2D eigenvalue weighted by atomic mass is 10.1. The summed E-state index contributed by atoms with van der Waals surface area (Å²) in [5.41, 5.74) is 0.338. The third-order valence-electron chi connectivity index (χ3n) is 4.83. The minimum atomic E-state index is -0.768. The molecular weight excluding hydrogens is 438 g/mol. The van der Waals surface area contributed by atoms with Gasteiger partial charge in [0.25, 0.3) is 11.5 Å². The number of esters is 1. The van der Waals surface area contributed by atoms with E-state index in [0.717, 1.165) is 9.79 Å². The van der Waals surface area contributed by atoms with Crippen molar-refractivity contribution in [3.63, 3.8) is 0 Å². The highest BCUT2D eigenvalue weighted by atomic mass is 32.2. The lowest BCUT2D eigenvalue weighted by molar-refractivity contribution is -0.119. The smallest absolute Gasteiger partial charge is 0.359 e. The molecule has 0 aliphatic heterocycles. The Morgan fingerprint density at radius 3 is 2.36 bits per heavy atom. The van der Waals surface area contributed by atoms with Gasteiger partial charge in [0.15, 0.2) is 12.3 Å². The number of para-hydroxylation sites is 1. The summed E-state index contributed by atoms with van der Waals surface area (Å²) in [5.74, 6) is -1.24. The van der Waals surface area contributed by atoms with Gasteiger partial charge in [0.1, 0.15) is 0 Å². The Balaban J connectivity index is 1.47. The molecule has 0 radical (unpaired) electrons. The highest BCUT2D eigenvalue weighted by Crippen LogP contribution is 2.33.